The van der Waals surface area contributed by atoms with Gasteiger partial charge >= 0.3 is 0 Å². The first-order valence-electron chi connectivity index (χ1n) is 8.80. The molecule has 0 spiro atoms. The van der Waals surface area contributed by atoms with Crippen LogP contribution in [0.15, 0.2) is 76.4 Å². The lowest BCUT2D eigenvalue weighted by Crippen LogP contribution is -2.36. The van der Waals surface area contributed by atoms with E-state index in [1.54, 1.807) is 25.1 Å². The summed E-state index contributed by atoms with van der Waals surface area (Å²) in [5.41, 5.74) is 1.73. The van der Waals surface area contributed by atoms with E-state index < -0.39 is 16.1 Å². The van der Waals surface area contributed by atoms with E-state index in [1.165, 1.54) is 18.2 Å². The highest BCUT2D eigenvalue weighted by atomic mass is 32.2. The summed E-state index contributed by atoms with van der Waals surface area (Å²) in [5.74, 6) is -0.389. The summed E-state index contributed by atoms with van der Waals surface area (Å²) < 4.78 is 23.7. The summed E-state index contributed by atoms with van der Waals surface area (Å²) in [6.45, 7) is 1.75. The van der Waals surface area contributed by atoms with Crippen molar-refractivity contribution in [3.8, 4) is 11.3 Å². The molecule has 8 nitrogen and oxygen atoms in total. The fourth-order valence-corrected chi connectivity index (χ4v) is 3.23. The Morgan fingerprint density at radius 3 is 2.34 bits per heavy atom. The Morgan fingerprint density at radius 1 is 1.07 bits per heavy atom. The minimum atomic E-state index is -3.77. The number of carbonyl (C=O) groups is 1. The molecule has 1 aromatic heterocycles. The molecule has 29 heavy (non-hydrogen) atoms. The van der Waals surface area contributed by atoms with Crippen LogP contribution in [0.25, 0.3) is 11.3 Å². The van der Waals surface area contributed by atoms with Gasteiger partial charge in [-0.15, -0.1) is 0 Å². The van der Waals surface area contributed by atoms with Crippen molar-refractivity contribution in [3.05, 3.63) is 82.6 Å². The average molecular weight is 412 g/mol. The number of nitrogens with zero attached hydrogens (tertiary/aromatic N) is 2. The predicted octanol–water partition coefficient (Wildman–Crippen LogP) is 1.44. The van der Waals surface area contributed by atoms with E-state index in [0.717, 1.165) is 10.2 Å². The van der Waals surface area contributed by atoms with E-state index in [0.29, 0.717) is 11.3 Å². The number of carbonyl (C=O) groups excluding carboxylic acids is 1. The lowest BCUT2D eigenvalue weighted by molar-refractivity contribution is -0.124. The third kappa shape index (κ3) is 4.95. The van der Waals surface area contributed by atoms with Gasteiger partial charge in [-0.3, -0.25) is 9.59 Å². The number of amides is 1. The van der Waals surface area contributed by atoms with Crippen LogP contribution in [-0.2, 0) is 21.4 Å². The van der Waals surface area contributed by atoms with Gasteiger partial charge < -0.3 is 5.32 Å². The van der Waals surface area contributed by atoms with Crippen molar-refractivity contribution in [3.63, 3.8) is 0 Å². The number of nitrogens with two attached hydrogens (primary N) is 1. The number of primary sulfonamides is 1. The summed E-state index contributed by atoms with van der Waals surface area (Å²) >= 11 is 0. The molecule has 1 amide bonds. The number of hydrogen-bond donors (Lipinski definition) is 2. The molecule has 3 aromatic rings. The standard InChI is InChI=1S/C20H20N4O4S/c1-14(20(26)22-13-15-7-9-17(10-8-15)29(21,27)28)24-19(25)12-11-18(23-24)16-5-3-2-4-6-16/h2-12,14H,13H2,1H3,(H,22,26)(H2,21,27,28). The molecule has 1 unspecified atom stereocenters. The Labute approximate surface area is 168 Å². The van der Waals surface area contributed by atoms with E-state index in [-0.39, 0.29) is 22.9 Å². The lowest BCUT2D eigenvalue weighted by atomic mass is 10.1. The third-order valence-corrected chi connectivity index (χ3v) is 5.29. The Bertz CT molecular complexity index is 1170. The molecule has 150 valence electrons. The van der Waals surface area contributed by atoms with Crippen LogP contribution in [0.5, 0.6) is 0 Å². The van der Waals surface area contributed by atoms with Crippen LogP contribution in [-0.4, -0.2) is 24.1 Å². The number of nitrogens with one attached hydrogen (secondary N) is 1. The third-order valence-electron chi connectivity index (χ3n) is 4.36. The van der Waals surface area contributed by atoms with Crippen molar-refractivity contribution in [2.75, 3.05) is 0 Å². The fourth-order valence-electron chi connectivity index (χ4n) is 2.71. The number of aromatic nitrogens is 2. The monoisotopic (exact) mass is 412 g/mol. The van der Waals surface area contributed by atoms with Crippen molar-refractivity contribution in [2.45, 2.75) is 24.4 Å². The summed E-state index contributed by atoms with van der Waals surface area (Å²) in [5, 5.41) is 12.1. The van der Waals surface area contributed by atoms with E-state index >= 15 is 0 Å². The first-order chi connectivity index (χ1) is 13.8. The van der Waals surface area contributed by atoms with Gasteiger partial charge in [0, 0.05) is 18.2 Å². The minimum Gasteiger partial charge on any atom is -0.350 e. The zero-order valence-electron chi connectivity index (χ0n) is 15.6. The first-order valence-corrected chi connectivity index (χ1v) is 10.3. The van der Waals surface area contributed by atoms with Gasteiger partial charge in [0.1, 0.15) is 6.04 Å². The van der Waals surface area contributed by atoms with E-state index in [4.69, 9.17) is 5.14 Å². The van der Waals surface area contributed by atoms with Crippen LogP contribution in [0.1, 0.15) is 18.5 Å². The maximum Gasteiger partial charge on any atom is 0.267 e. The lowest BCUT2D eigenvalue weighted by Gasteiger charge is -2.15. The molecule has 0 saturated carbocycles. The molecule has 3 N–H and O–H groups in total. The summed E-state index contributed by atoms with van der Waals surface area (Å²) in [6.07, 6.45) is 0. The largest absolute Gasteiger partial charge is 0.350 e. The second-order valence-electron chi connectivity index (χ2n) is 6.45. The molecule has 9 heteroatoms. The van der Waals surface area contributed by atoms with Crippen molar-refractivity contribution in [1.82, 2.24) is 15.1 Å². The van der Waals surface area contributed by atoms with Crippen LogP contribution in [0, 0.1) is 0 Å². The molecule has 0 radical (unpaired) electrons. The van der Waals surface area contributed by atoms with Crippen LogP contribution >= 0.6 is 0 Å². The van der Waals surface area contributed by atoms with E-state index in [2.05, 4.69) is 10.4 Å². The molecule has 1 heterocycles. The summed E-state index contributed by atoms with van der Waals surface area (Å²) in [7, 11) is -3.77. The molecule has 0 aliphatic rings. The Kier molecular flexibility index (Phi) is 5.90. The van der Waals surface area contributed by atoms with Gasteiger partial charge in [0.05, 0.1) is 10.6 Å². The van der Waals surface area contributed by atoms with Crippen LogP contribution in [0.4, 0.5) is 0 Å². The molecule has 3 rings (SSSR count). The Balaban J connectivity index is 1.72. The van der Waals surface area contributed by atoms with Crippen LogP contribution < -0.4 is 16.0 Å². The zero-order valence-corrected chi connectivity index (χ0v) is 16.5. The second-order valence-corrected chi connectivity index (χ2v) is 8.01. The minimum absolute atomic E-state index is 0.00516. The van der Waals surface area contributed by atoms with E-state index in [9.17, 15) is 18.0 Å². The Morgan fingerprint density at radius 2 is 1.72 bits per heavy atom. The van der Waals surface area contributed by atoms with Gasteiger partial charge in [0.15, 0.2) is 0 Å². The van der Waals surface area contributed by atoms with Gasteiger partial charge in [0.2, 0.25) is 15.9 Å². The first kappa shape index (κ1) is 20.4. The quantitative estimate of drug-likeness (QED) is 0.634. The molecule has 0 saturated heterocycles. The maximum absolute atomic E-state index is 12.5. The van der Waals surface area contributed by atoms with Gasteiger partial charge in [-0.1, -0.05) is 42.5 Å². The van der Waals surface area contributed by atoms with Crippen LogP contribution in [0.3, 0.4) is 0 Å². The van der Waals surface area contributed by atoms with E-state index in [1.807, 2.05) is 30.3 Å². The molecular formula is C20H20N4O4S. The highest BCUT2D eigenvalue weighted by Gasteiger charge is 2.18. The highest BCUT2D eigenvalue weighted by molar-refractivity contribution is 7.89. The number of hydrogen-bond acceptors (Lipinski definition) is 5. The molecule has 2 aromatic carbocycles. The number of rotatable bonds is 6. The highest BCUT2D eigenvalue weighted by Crippen LogP contribution is 2.15. The maximum atomic E-state index is 12.5. The van der Waals surface area contributed by atoms with Gasteiger partial charge in [-0.2, -0.15) is 5.10 Å². The Hall–Kier alpha value is -3.30. The summed E-state index contributed by atoms with van der Waals surface area (Å²) in [6, 6.07) is 17.4. The zero-order chi connectivity index (χ0) is 21.0. The second kappa shape index (κ2) is 8.38. The SMILES string of the molecule is CC(C(=O)NCc1ccc(S(N)(=O)=O)cc1)n1nc(-c2ccccc2)ccc1=O. The average Bonchev–Trinajstić information content (AvgIpc) is 2.72. The predicted molar refractivity (Wildman–Crippen MR) is 108 cm³/mol. The molecule has 1 atom stereocenters. The molecule has 0 fully saturated rings. The van der Waals surface area contributed by atoms with Crippen molar-refractivity contribution in [1.29, 1.82) is 0 Å². The summed E-state index contributed by atoms with van der Waals surface area (Å²) in [4.78, 5) is 24.7. The molecule has 0 aliphatic heterocycles. The van der Waals surface area contributed by atoms with Gasteiger partial charge in [0.25, 0.3) is 5.56 Å². The van der Waals surface area contributed by atoms with Crippen molar-refractivity contribution >= 4 is 15.9 Å². The smallest absolute Gasteiger partial charge is 0.267 e. The van der Waals surface area contributed by atoms with Gasteiger partial charge in [-0.25, -0.2) is 18.2 Å². The topological polar surface area (TPSA) is 124 Å². The fraction of sp³-hybridized carbons (Fsp3) is 0.150. The van der Waals surface area contributed by atoms with Crippen molar-refractivity contribution < 1.29 is 13.2 Å². The van der Waals surface area contributed by atoms with Crippen molar-refractivity contribution in [2.24, 2.45) is 5.14 Å². The van der Waals surface area contributed by atoms with Gasteiger partial charge in [-0.05, 0) is 30.7 Å². The molecular weight excluding hydrogens is 392 g/mol. The number of benzene rings is 2. The molecule has 0 bridgehead atoms. The number of sulfonamides is 1. The molecule has 0 aliphatic carbocycles. The normalized spacial score (nSPS) is 12.3. The van der Waals surface area contributed by atoms with Crippen LogP contribution in [0.2, 0.25) is 0 Å².